The number of aromatic nitrogens is 6. The van der Waals surface area contributed by atoms with E-state index in [0.717, 1.165) is 60.9 Å². The Balaban J connectivity index is 1.20. The first kappa shape index (κ1) is 29.1. The fourth-order valence-electron chi connectivity index (χ4n) is 6.00. The summed E-state index contributed by atoms with van der Waals surface area (Å²) in [6, 6.07) is 9.48. The summed E-state index contributed by atoms with van der Waals surface area (Å²) in [6.45, 7) is 5.27. The van der Waals surface area contributed by atoms with Crippen LogP contribution in [-0.4, -0.2) is 84.1 Å². The minimum atomic E-state index is -0.326. The number of rotatable bonds is 8. The number of nitrogens with one attached hydrogen (secondary N) is 1. The number of amides is 1. The maximum Gasteiger partial charge on any atom is 0.262 e. The van der Waals surface area contributed by atoms with Crippen LogP contribution >= 0.6 is 11.3 Å². The summed E-state index contributed by atoms with van der Waals surface area (Å²) in [4.78, 5) is 49.6. The summed E-state index contributed by atoms with van der Waals surface area (Å²) >= 11 is 1.48. The van der Waals surface area contributed by atoms with E-state index in [4.69, 9.17) is 9.72 Å². The molecule has 4 aromatic heterocycles. The molecule has 1 N–H and O–H groups in total. The van der Waals surface area contributed by atoms with Crippen LogP contribution in [0.1, 0.15) is 31.4 Å². The van der Waals surface area contributed by atoms with E-state index in [0.29, 0.717) is 41.3 Å². The van der Waals surface area contributed by atoms with Gasteiger partial charge in [0, 0.05) is 49.1 Å². The third-order valence-corrected chi connectivity index (χ3v) is 9.35. The number of carbonyl (C=O) groups is 1. The molecule has 0 unspecified atom stereocenters. The van der Waals surface area contributed by atoms with Gasteiger partial charge >= 0.3 is 0 Å². The van der Waals surface area contributed by atoms with E-state index >= 15 is 0 Å². The summed E-state index contributed by atoms with van der Waals surface area (Å²) in [5, 5.41) is 4.78. The van der Waals surface area contributed by atoms with Crippen LogP contribution in [0, 0.1) is 6.92 Å². The zero-order valence-corrected chi connectivity index (χ0v) is 26.2. The van der Waals surface area contributed by atoms with Gasteiger partial charge in [0.05, 0.1) is 23.0 Å². The number of ether oxygens (including phenoxy) is 1. The van der Waals surface area contributed by atoms with E-state index in [2.05, 4.69) is 32.2 Å². The molecule has 7 rings (SSSR count). The Hall–Kier alpha value is -4.62. The first-order chi connectivity index (χ1) is 21.9. The van der Waals surface area contributed by atoms with Crippen LogP contribution in [0.2, 0.25) is 0 Å². The number of benzene rings is 1. The van der Waals surface area contributed by atoms with E-state index in [1.54, 1.807) is 30.3 Å². The van der Waals surface area contributed by atoms with E-state index < -0.39 is 0 Å². The third kappa shape index (κ3) is 6.05. The standard InChI is InChI=1S/C32H35N9O3S/c1-21-29(35-19-41(21)28-17-33-20-45-28)26-15-22-16-34-32(37-30(22)40(31(26)43)18-27(42)39-11-3-4-12-39)36-23-5-7-24(8-6-23)44-25-9-13-38(2)14-10-25/h5-8,15-17,19-20,25H,3-4,9-14,18H2,1-2H3,(H,34,36,37). The molecule has 0 saturated carbocycles. The normalized spacial score (nSPS) is 16.0. The average molecular weight is 626 g/mol. The van der Waals surface area contributed by atoms with Gasteiger partial charge in [-0.05, 0) is 70.0 Å². The molecule has 2 saturated heterocycles. The van der Waals surface area contributed by atoms with Gasteiger partial charge in [0.1, 0.15) is 35.4 Å². The number of hydrogen-bond acceptors (Lipinski definition) is 10. The lowest BCUT2D eigenvalue weighted by Crippen LogP contribution is -2.35. The summed E-state index contributed by atoms with van der Waals surface area (Å²) in [7, 11) is 2.13. The predicted molar refractivity (Wildman–Crippen MR) is 173 cm³/mol. The summed E-state index contributed by atoms with van der Waals surface area (Å²) in [6.07, 6.45) is 9.31. The first-order valence-corrected chi connectivity index (χ1v) is 16.1. The quantitative estimate of drug-likeness (QED) is 0.270. The molecule has 0 bridgehead atoms. The number of likely N-dealkylation sites (tertiary alicyclic amines) is 2. The van der Waals surface area contributed by atoms with E-state index in [-0.39, 0.29) is 24.1 Å². The lowest BCUT2D eigenvalue weighted by atomic mass is 10.1. The van der Waals surface area contributed by atoms with Crippen molar-refractivity contribution in [1.29, 1.82) is 0 Å². The van der Waals surface area contributed by atoms with Gasteiger partial charge in [-0.15, -0.1) is 11.3 Å². The van der Waals surface area contributed by atoms with Gasteiger partial charge in [0.15, 0.2) is 0 Å². The van der Waals surface area contributed by atoms with Crippen molar-refractivity contribution in [2.24, 2.45) is 0 Å². The average Bonchev–Trinajstić information content (AvgIpc) is 3.84. The molecular formula is C32H35N9O3S. The molecule has 45 heavy (non-hydrogen) atoms. The number of fused-ring (bicyclic) bond motifs is 1. The van der Waals surface area contributed by atoms with Crippen molar-refractivity contribution < 1.29 is 9.53 Å². The highest BCUT2D eigenvalue weighted by Gasteiger charge is 2.23. The van der Waals surface area contributed by atoms with E-state index in [1.165, 1.54) is 15.9 Å². The van der Waals surface area contributed by atoms with Crippen LogP contribution in [0.4, 0.5) is 11.6 Å². The van der Waals surface area contributed by atoms with Gasteiger partial charge in [0.2, 0.25) is 11.9 Å². The van der Waals surface area contributed by atoms with Crippen molar-refractivity contribution >= 4 is 39.9 Å². The van der Waals surface area contributed by atoms with Gasteiger partial charge in [-0.2, -0.15) is 4.98 Å². The number of imidazole rings is 1. The Morgan fingerprint density at radius 3 is 2.58 bits per heavy atom. The molecular weight excluding hydrogens is 590 g/mol. The molecule has 0 radical (unpaired) electrons. The minimum absolute atomic E-state index is 0.103. The molecule has 232 valence electrons. The van der Waals surface area contributed by atoms with Crippen molar-refractivity contribution in [3.8, 4) is 22.0 Å². The molecule has 1 amide bonds. The van der Waals surface area contributed by atoms with Crippen LogP contribution < -0.4 is 15.6 Å². The Kier molecular flexibility index (Phi) is 8.03. The van der Waals surface area contributed by atoms with Crippen LogP contribution in [0.25, 0.3) is 27.3 Å². The topological polar surface area (TPSA) is 123 Å². The van der Waals surface area contributed by atoms with Crippen molar-refractivity contribution in [2.75, 3.05) is 38.5 Å². The molecule has 2 fully saturated rings. The summed E-state index contributed by atoms with van der Waals surface area (Å²) in [5.41, 5.74) is 4.33. The molecule has 5 aromatic rings. The third-order valence-electron chi connectivity index (χ3n) is 8.58. The highest BCUT2D eigenvalue weighted by atomic mass is 32.1. The van der Waals surface area contributed by atoms with Crippen molar-refractivity contribution in [1.82, 2.24) is 38.9 Å². The van der Waals surface area contributed by atoms with Crippen molar-refractivity contribution in [3.05, 3.63) is 70.6 Å². The minimum Gasteiger partial charge on any atom is -0.490 e. The van der Waals surface area contributed by atoms with Crippen LogP contribution in [-0.2, 0) is 11.3 Å². The molecule has 0 spiro atoms. The van der Waals surface area contributed by atoms with Gasteiger partial charge in [0.25, 0.3) is 5.56 Å². The molecule has 1 aromatic carbocycles. The number of piperidine rings is 1. The van der Waals surface area contributed by atoms with Crippen LogP contribution in [0.5, 0.6) is 5.75 Å². The maximum atomic E-state index is 14.1. The fourth-order valence-corrected chi connectivity index (χ4v) is 6.65. The number of anilines is 2. The zero-order chi connectivity index (χ0) is 30.9. The highest BCUT2D eigenvalue weighted by molar-refractivity contribution is 7.12. The molecule has 2 aliphatic rings. The maximum absolute atomic E-state index is 14.1. The fraction of sp³-hybridized carbons (Fsp3) is 0.375. The summed E-state index contributed by atoms with van der Waals surface area (Å²) < 4.78 is 9.55. The van der Waals surface area contributed by atoms with Crippen molar-refractivity contribution in [3.63, 3.8) is 0 Å². The predicted octanol–water partition coefficient (Wildman–Crippen LogP) is 4.25. The zero-order valence-electron chi connectivity index (χ0n) is 25.3. The van der Waals surface area contributed by atoms with Gasteiger partial charge in [-0.3, -0.25) is 23.7 Å². The molecule has 6 heterocycles. The van der Waals surface area contributed by atoms with E-state index in [1.807, 2.05) is 40.7 Å². The SMILES string of the molecule is Cc1c(-c2cc3cnc(Nc4ccc(OC5CCN(C)CC5)cc4)nc3n(CC(=O)N3CCCC3)c2=O)ncn1-c1cncs1. The van der Waals surface area contributed by atoms with Crippen LogP contribution in [0.3, 0.4) is 0 Å². The van der Waals surface area contributed by atoms with E-state index in [9.17, 15) is 9.59 Å². The van der Waals surface area contributed by atoms with Crippen LogP contribution in [0.15, 0.2) is 59.4 Å². The number of pyridine rings is 1. The van der Waals surface area contributed by atoms with Gasteiger partial charge < -0.3 is 19.9 Å². The van der Waals surface area contributed by atoms with Crippen molar-refractivity contribution in [2.45, 2.75) is 45.3 Å². The lowest BCUT2D eigenvalue weighted by Gasteiger charge is -2.29. The Bertz CT molecular complexity index is 1870. The monoisotopic (exact) mass is 625 g/mol. The highest BCUT2D eigenvalue weighted by Crippen LogP contribution is 2.27. The Labute approximate surface area is 264 Å². The van der Waals surface area contributed by atoms with Gasteiger partial charge in [-0.25, -0.2) is 9.97 Å². The second kappa shape index (κ2) is 12.4. The molecule has 12 nitrogen and oxygen atoms in total. The lowest BCUT2D eigenvalue weighted by molar-refractivity contribution is -0.130. The Morgan fingerprint density at radius 2 is 1.84 bits per heavy atom. The first-order valence-electron chi connectivity index (χ1n) is 15.3. The second-order valence-corrected chi connectivity index (χ2v) is 12.5. The largest absolute Gasteiger partial charge is 0.490 e. The number of thiazole rings is 1. The number of carbonyl (C=O) groups excluding carboxylic acids is 1. The Morgan fingerprint density at radius 1 is 1.07 bits per heavy atom. The number of hydrogen-bond donors (Lipinski definition) is 1. The molecule has 0 atom stereocenters. The molecule has 2 aliphatic heterocycles. The molecule has 13 heteroatoms. The van der Waals surface area contributed by atoms with Gasteiger partial charge in [-0.1, -0.05) is 0 Å². The molecule has 0 aliphatic carbocycles. The smallest absolute Gasteiger partial charge is 0.262 e. The number of nitrogens with zero attached hydrogens (tertiary/aromatic N) is 8. The summed E-state index contributed by atoms with van der Waals surface area (Å²) in [5.74, 6) is 1.05. The second-order valence-electron chi connectivity index (χ2n) is 11.7.